The van der Waals surface area contributed by atoms with E-state index in [1.54, 1.807) is 0 Å². The lowest BCUT2D eigenvalue weighted by molar-refractivity contribution is 0.0928. The van der Waals surface area contributed by atoms with Gasteiger partial charge in [-0.15, -0.1) is 0 Å². The lowest BCUT2D eigenvalue weighted by Crippen LogP contribution is -2.36. The summed E-state index contributed by atoms with van der Waals surface area (Å²) in [5.74, 6) is -0.779. The van der Waals surface area contributed by atoms with E-state index in [9.17, 15) is 17.3 Å². The molecule has 0 amide bonds. The van der Waals surface area contributed by atoms with Crippen molar-refractivity contribution in [1.29, 1.82) is 0 Å². The highest BCUT2D eigenvalue weighted by molar-refractivity contribution is 6.74. The molecule has 0 saturated carbocycles. The van der Waals surface area contributed by atoms with Crippen LogP contribution in [0.3, 0.4) is 0 Å². The molecular weight excluding hydrogens is 275 g/mol. The summed E-state index contributed by atoms with van der Waals surface area (Å²) in [4.78, 5) is 0. The molecule has 20 heavy (non-hydrogen) atoms. The van der Waals surface area contributed by atoms with Crippen molar-refractivity contribution in [2.24, 2.45) is 5.92 Å². The van der Waals surface area contributed by atoms with E-state index >= 15 is 0 Å². The summed E-state index contributed by atoms with van der Waals surface area (Å²) < 4.78 is 61.3. The zero-order valence-corrected chi connectivity index (χ0v) is 11.5. The van der Waals surface area contributed by atoms with Crippen LogP contribution < -0.4 is 10.2 Å². The molecule has 0 aliphatic heterocycles. The van der Waals surface area contributed by atoms with Crippen LogP contribution >= 0.6 is 0 Å². The van der Waals surface area contributed by atoms with E-state index in [0.29, 0.717) is 18.6 Å². The first-order valence-corrected chi connectivity index (χ1v) is 6.50. The van der Waals surface area contributed by atoms with Crippen molar-refractivity contribution in [3.63, 3.8) is 0 Å². The van der Waals surface area contributed by atoms with Crippen molar-refractivity contribution < 1.29 is 26.8 Å². The number of hydrogen-bond donors (Lipinski definition) is 0. The Morgan fingerprint density at radius 2 is 1.80 bits per heavy atom. The molecule has 7 heteroatoms. The van der Waals surface area contributed by atoms with Gasteiger partial charge in [0.05, 0.1) is 12.4 Å². The molecule has 0 N–H and O–H groups in total. The van der Waals surface area contributed by atoms with E-state index < -0.39 is 18.3 Å². The van der Waals surface area contributed by atoms with Crippen LogP contribution in [0, 0.1) is 11.7 Å². The van der Waals surface area contributed by atoms with Crippen molar-refractivity contribution >= 4 is 12.4 Å². The molecule has 1 aromatic carbocycles. The first-order chi connectivity index (χ1) is 9.30. The van der Waals surface area contributed by atoms with Crippen LogP contribution in [0.4, 0.5) is 17.3 Å². The second-order valence-electron chi connectivity index (χ2n) is 4.90. The minimum Gasteiger partial charge on any atom is -0.494 e. The van der Waals surface area contributed by atoms with Crippen molar-refractivity contribution in [2.45, 2.75) is 20.3 Å². The summed E-state index contributed by atoms with van der Waals surface area (Å²) in [6.45, 7) is -0.450. The molecule has 0 unspecified atom stereocenters. The summed E-state index contributed by atoms with van der Waals surface area (Å²) >= 11 is 0. The molecule has 0 heterocycles. The largest absolute Gasteiger partial charge is 0.513 e. The Labute approximate surface area is 116 Å². The van der Waals surface area contributed by atoms with Gasteiger partial charge in [0.1, 0.15) is 12.4 Å². The fourth-order valence-electron chi connectivity index (χ4n) is 1.54. The van der Waals surface area contributed by atoms with Gasteiger partial charge in [0.25, 0.3) is 0 Å². The Hall–Kier alpha value is -1.24. The highest BCUT2D eigenvalue weighted by Gasteiger charge is 2.29. The maximum absolute atomic E-state index is 12.9. The van der Waals surface area contributed by atoms with Crippen LogP contribution in [0.15, 0.2) is 18.2 Å². The maximum atomic E-state index is 12.9. The minimum atomic E-state index is -5.30. The number of halogens is 4. The van der Waals surface area contributed by atoms with Gasteiger partial charge in [-0.3, -0.25) is 0 Å². The van der Waals surface area contributed by atoms with Crippen LogP contribution in [-0.4, -0.2) is 26.8 Å². The predicted octanol–water partition coefficient (Wildman–Crippen LogP) is 3.32. The fraction of sp³-hybridized carbons (Fsp3) is 0.538. The molecule has 2 nitrogen and oxygen atoms in total. The maximum Gasteiger partial charge on any atom is 0.513 e. The normalized spacial score (nSPS) is 11.9. The number of rotatable bonds is 8. The Bertz CT molecular complexity index is 421. The molecule has 0 aromatic heterocycles. The SMILES string of the molecule is CC(C)CCOCCOc1ccc(F)cc1[B-](F)(F)F. The third-order valence-corrected chi connectivity index (χ3v) is 2.65. The van der Waals surface area contributed by atoms with Gasteiger partial charge >= 0.3 is 6.98 Å². The zero-order chi connectivity index (χ0) is 15.2. The Balaban J connectivity index is 2.48. The Morgan fingerprint density at radius 3 is 2.40 bits per heavy atom. The predicted molar refractivity (Wildman–Crippen MR) is 70.9 cm³/mol. The summed E-state index contributed by atoms with van der Waals surface area (Å²) in [5.41, 5.74) is -1.05. The first kappa shape index (κ1) is 16.8. The highest BCUT2D eigenvalue weighted by atomic mass is 19.4. The Kier molecular flexibility index (Phi) is 6.32. The van der Waals surface area contributed by atoms with Crippen LogP contribution in [-0.2, 0) is 4.74 Å². The molecule has 1 rings (SSSR count). The van der Waals surface area contributed by atoms with Gasteiger partial charge in [-0.1, -0.05) is 19.3 Å². The second kappa shape index (κ2) is 7.52. The van der Waals surface area contributed by atoms with E-state index in [-0.39, 0.29) is 19.0 Å². The topological polar surface area (TPSA) is 18.5 Å². The van der Waals surface area contributed by atoms with E-state index in [1.807, 2.05) is 0 Å². The molecule has 0 bridgehead atoms. The van der Waals surface area contributed by atoms with Gasteiger partial charge in [-0.2, -0.15) is 0 Å². The standard InChI is InChI=1S/C13H18BF4O2/c1-10(2)5-6-19-7-8-20-13-4-3-11(15)9-12(13)14(16,17)18/h3-4,9-10H,5-8H2,1-2H3/q-1. The van der Waals surface area contributed by atoms with Gasteiger partial charge in [0.2, 0.25) is 0 Å². The molecular formula is C13H18BF4O2-. The lowest BCUT2D eigenvalue weighted by atomic mass is 9.79. The first-order valence-electron chi connectivity index (χ1n) is 6.50. The summed E-state index contributed by atoms with van der Waals surface area (Å²) in [5, 5.41) is 0. The number of benzene rings is 1. The summed E-state index contributed by atoms with van der Waals surface area (Å²) in [7, 11) is 0. The van der Waals surface area contributed by atoms with Gasteiger partial charge in [0, 0.05) is 6.61 Å². The average Bonchev–Trinajstić information content (AvgIpc) is 2.33. The number of ether oxygens (including phenoxy) is 2. The van der Waals surface area contributed by atoms with Gasteiger partial charge in [-0.05, 0) is 30.5 Å². The molecule has 0 fully saturated rings. The molecule has 114 valence electrons. The van der Waals surface area contributed by atoms with E-state index in [4.69, 9.17) is 9.47 Å². The van der Waals surface area contributed by atoms with Crippen molar-refractivity contribution in [1.82, 2.24) is 0 Å². The molecule has 0 atom stereocenters. The minimum absolute atomic E-state index is 0.00286. The van der Waals surface area contributed by atoms with Crippen LogP contribution in [0.25, 0.3) is 0 Å². The summed E-state index contributed by atoms with van der Waals surface area (Å²) in [6.07, 6.45) is 0.882. The Morgan fingerprint density at radius 1 is 1.10 bits per heavy atom. The molecule has 0 spiro atoms. The van der Waals surface area contributed by atoms with E-state index in [1.165, 1.54) is 0 Å². The quantitative estimate of drug-likeness (QED) is 0.416. The van der Waals surface area contributed by atoms with Gasteiger partial charge in [-0.25, -0.2) is 4.39 Å². The molecule has 0 aliphatic rings. The van der Waals surface area contributed by atoms with Gasteiger partial charge in [0.15, 0.2) is 0 Å². The van der Waals surface area contributed by atoms with Crippen LogP contribution in [0.5, 0.6) is 5.75 Å². The molecule has 0 saturated heterocycles. The number of hydrogen-bond acceptors (Lipinski definition) is 2. The lowest BCUT2D eigenvalue weighted by Gasteiger charge is -2.20. The molecule has 1 aromatic rings. The summed E-state index contributed by atoms with van der Waals surface area (Å²) in [6, 6.07) is 2.39. The second-order valence-corrected chi connectivity index (χ2v) is 4.90. The van der Waals surface area contributed by atoms with Crippen molar-refractivity contribution in [2.75, 3.05) is 19.8 Å². The average molecular weight is 293 g/mol. The van der Waals surface area contributed by atoms with E-state index in [0.717, 1.165) is 18.6 Å². The van der Waals surface area contributed by atoms with Crippen molar-refractivity contribution in [3.05, 3.63) is 24.0 Å². The highest BCUT2D eigenvalue weighted by Crippen LogP contribution is 2.18. The third kappa shape index (κ3) is 5.82. The fourth-order valence-corrected chi connectivity index (χ4v) is 1.54. The van der Waals surface area contributed by atoms with Crippen LogP contribution in [0.2, 0.25) is 0 Å². The monoisotopic (exact) mass is 293 g/mol. The van der Waals surface area contributed by atoms with E-state index in [2.05, 4.69) is 13.8 Å². The third-order valence-electron chi connectivity index (χ3n) is 2.65. The molecule has 0 radical (unpaired) electrons. The van der Waals surface area contributed by atoms with Crippen molar-refractivity contribution in [3.8, 4) is 5.75 Å². The zero-order valence-electron chi connectivity index (χ0n) is 11.5. The van der Waals surface area contributed by atoms with Gasteiger partial charge < -0.3 is 22.4 Å². The molecule has 0 aliphatic carbocycles. The smallest absolute Gasteiger partial charge is 0.494 e. The van der Waals surface area contributed by atoms with Crippen LogP contribution in [0.1, 0.15) is 20.3 Å².